The predicted octanol–water partition coefficient (Wildman–Crippen LogP) is 4.72. The number of amides is 1. The summed E-state index contributed by atoms with van der Waals surface area (Å²) in [6.07, 6.45) is 16.6. The lowest BCUT2D eigenvalue weighted by Gasteiger charge is -2.62. The summed E-state index contributed by atoms with van der Waals surface area (Å²) in [5.41, 5.74) is 3.04. The molecule has 0 radical (unpaired) electrons. The van der Waals surface area contributed by atoms with Gasteiger partial charge in [-0.25, -0.2) is 0 Å². The summed E-state index contributed by atoms with van der Waals surface area (Å²) in [6.45, 7) is 7.73. The van der Waals surface area contributed by atoms with E-state index in [-0.39, 0.29) is 11.3 Å². The minimum atomic E-state index is 0.231. The average molecular weight is 380 g/mol. The van der Waals surface area contributed by atoms with E-state index in [1.165, 1.54) is 50.5 Å². The summed E-state index contributed by atoms with van der Waals surface area (Å²) >= 11 is 0. The van der Waals surface area contributed by atoms with Gasteiger partial charge in [-0.05, 0) is 79.1 Å². The first-order valence-corrected chi connectivity index (χ1v) is 11.2. The first-order chi connectivity index (χ1) is 13.4. The van der Waals surface area contributed by atoms with Crippen molar-refractivity contribution in [3.8, 4) is 0 Å². The van der Waals surface area contributed by atoms with Crippen LogP contribution in [0.4, 0.5) is 0 Å². The molecule has 3 fully saturated rings. The van der Waals surface area contributed by atoms with Crippen molar-refractivity contribution in [3.63, 3.8) is 0 Å². The fourth-order valence-corrected chi connectivity index (χ4v) is 7.87. The van der Waals surface area contributed by atoms with Crippen molar-refractivity contribution in [2.75, 3.05) is 6.54 Å². The molecule has 2 heterocycles. The minimum absolute atomic E-state index is 0.231. The highest BCUT2D eigenvalue weighted by Gasteiger charge is 2.59. The van der Waals surface area contributed by atoms with Gasteiger partial charge in [0, 0.05) is 31.9 Å². The van der Waals surface area contributed by atoms with Crippen LogP contribution in [-0.2, 0) is 4.79 Å². The molecule has 0 spiro atoms. The Labute approximate surface area is 168 Å². The van der Waals surface area contributed by atoms with Crippen LogP contribution in [0.3, 0.4) is 0 Å². The first-order valence-electron chi connectivity index (χ1n) is 11.2. The number of hydrogen-bond acceptors (Lipinski definition) is 3. The van der Waals surface area contributed by atoms with Crippen LogP contribution >= 0.6 is 0 Å². The van der Waals surface area contributed by atoms with Crippen LogP contribution in [-0.4, -0.2) is 33.4 Å². The highest BCUT2D eigenvalue weighted by atomic mass is 16.2. The summed E-state index contributed by atoms with van der Waals surface area (Å²) < 4.78 is 0. The molecule has 1 amide bonds. The van der Waals surface area contributed by atoms with Gasteiger partial charge < -0.3 is 4.90 Å². The number of piperidine rings is 1. The largest absolute Gasteiger partial charge is 0.339 e. The molecule has 2 unspecified atom stereocenters. The van der Waals surface area contributed by atoms with Crippen LogP contribution in [0.2, 0.25) is 0 Å². The fraction of sp³-hybridized carbons (Fsp3) is 0.708. The lowest BCUT2D eigenvalue weighted by molar-refractivity contribution is -0.151. The predicted molar refractivity (Wildman–Crippen MR) is 110 cm³/mol. The monoisotopic (exact) mass is 379 g/mol. The van der Waals surface area contributed by atoms with Crippen molar-refractivity contribution in [3.05, 3.63) is 30.4 Å². The Morgan fingerprint density at radius 2 is 2.00 bits per heavy atom. The molecule has 1 saturated heterocycles. The fourth-order valence-electron chi connectivity index (χ4n) is 7.87. The van der Waals surface area contributed by atoms with Gasteiger partial charge >= 0.3 is 0 Å². The maximum absolute atomic E-state index is 12.3. The van der Waals surface area contributed by atoms with Crippen molar-refractivity contribution in [2.24, 2.45) is 28.6 Å². The second-order valence-electron chi connectivity index (χ2n) is 10.2. The molecule has 0 aromatic carbocycles. The molecule has 5 rings (SSSR count). The minimum Gasteiger partial charge on any atom is -0.339 e. The third-order valence-electron chi connectivity index (χ3n) is 9.13. The molecule has 1 aromatic heterocycles. The van der Waals surface area contributed by atoms with E-state index in [9.17, 15) is 4.79 Å². The summed E-state index contributed by atoms with van der Waals surface area (Å²) in [6, 6.07) is 0.457. The summed E-state index contributed by atoms with van der Waals surface area (Å²) in [5, 5.41) is 0. The maximum atomic E-state index is 12.3. The number of carbonyl (C=O) groups is 1. The summed E-state index contributed by atoms with van der Waals surface area (Å²) in [4.78, 5) is 23.5. The number of aromatic nitrogens is 2. The van der Waals surface area contributed by atoms with E-state index in [1.807, 2.05) is 12.4 Å². The second-order valence-corrected chi connectivity index (χ2v) is 10.2. The van der Waals surface area contributed by atoms with Gasteiger partial charge in [0.15, 0.2) is 0 Å². The molecule has 1 aliphatic heterocycles. The molecule has 0 N–H and O–H groups in total. The first kappa shape index (κ1) is 18.3. The van der Waals surface area contributed by atoms with Crippen molar-refractivity contribution < 1.29 is 4.79 Å². The van der Waals surface area contributed by atoms with Crippen molar-refractivity contribution >= 4 is 11.5 Å². The second kappa shape index (κ2) is 6.40. The number of allylic oxidation sites excluding steroid dienone is 2. The third-order valence-corrected chi connectivity index (χ3v) is 9.13. The Bertz CT molecular complexity index is 805. The Morgan fingerprint density at radius 1 is 1.14 bits per heavy atom. The molecule has 4 nitrogen and oxygen atoms in total. The molecule has 2 saturated carbocycles. The summed E-state index contributed by atoms with van der Waals surface area (Å²) in [5.74, 6) is 2.52. The van der Waals surface area contributed by atoms with Gasteiger partial charge in [-0.2, -0.15) is 0 Å². The van der Waals surface area contributed by atoms with Gasteiger partial charge in [-0.15, -0.1) is 0 Å². The number of fused-ring (bicyclic) bond motifs is 5. The van der Waals surface area contributed by atoms with Crippen LogP contribution in [0.1, 0.15) is 71.4 Å². The molecule has 150 valence electrons. The number of nitrogens with zero attached hydrogens (tertiary/aromatic N) is 3. The van der Waals surface area contributed by atoms with E-state index in [0.29, 0.717) is 17.4 Å². The highest BCUT2D eigenvalue weighted by Crippen LogP contribution is 2.66. The zero-order valence-corrected chi connectivity index (χ0v) is 17.5. The van der Waals surface area contributed by atoms with E-state index in [0.717, 1.165) is 24.1 Å². The topological polar surface area (TPSA) is 46.1 Å². The van der Waals surface area contributed by atoms with Crippen LogP contribution in [0.25, 0.3) is 5.57 Å². The Hall–Kier alpha value is -1.71. The van der Waals surface area contributed by atoms with Crippen LogP contribution in [0, 0.1) is 28.6 Å². The van der Waals surface area contributed by atoms with E-state index in [2.05, 4.69) is 34.8 Å². The molecule has 1 aromatic rings. The molecule has 4 heteroatoms. The molecule has 3 aliphatic carbocycles. The third kappa shape index (κ3) is 2.45. The quantitative estimate of drug-likeness (QED) is 0.709. The number of carbonyl (C=O) groups excluding carboxylic acids is 1. The van der Waals surface area contributed by atoms with Crippen molar-refractivity contribution in [2.45, 2.75) is 71.8 Å². The molecule has 0 bridgehead atoms. The van der Waals surface area contributed by atoms with Crippen molar-refractivity contribution in [1.29, 1.82) is 0 Å². The standard InChI is InChI=1S/C24H33N3O/c1-16(28)27-14-4-10-24(3)19-9-11-23(2)18(17(19)5-8-22(24)27)6-7-20(23)21-15-25-12-13-26-21/h7,12-13,15,17-19,22H,4-6,8-11,14H2,1-3H3/t17-,18-,19?,22?,23-,24+/m0/s1. The average Bonchev–Trinajstić information content (AvgIpc) is 3.04. The van der Waals surface area contributed by atoms with E-state index < -0.39 is 0 Å². The van der Waals surface area contributed by atoms with E-state index in [1.54, 1.807) is 13.1 Å². The van der Waals surface area contributed by atoms with E-state index >= 15 is 0 Å². The SMILES string of the molecule is CC(=O)N1CCC[C@]2(C)C3CC[C@]4(C)C(c5cnccn5)=CC[C@H]4[C@@H]3CCC12. The summed E-state index contributed by atoms with van der Waals surface area (Å²) in [7, 11) is 0. The normalized spacial score (nSPS) is 42.2. The van der Waals surface area contributed by atoms with Crippen LogP contribution in [0.15, 0.2) is 24.7 Å². The van der Waals surface area contributed by atoms with Crippen LogP contribution < -0.4 is 0 Å². The van der Waals surface area contributed by atoms with Gasteiger partial charge in [-0.1, -0.05) is 19.9 Å². The Balaban J connectivity index is 1.45. The molecule has 6 atom stereocenters. The van der Waals surface area contributed by atoms with Gasteiger partial charge in [0.1, 0.15) is 0 Å². The van der Waals surface area contributed by atoms with Gasteiger partial charge in [0.05, 0.1) is 11.9 Å². The Morgan fingerprint density at radius 3 is 2.75 bits per heavy atom. The van der Waals surface area contributed by atoms with Gasteiger partial charge in [0.2, 0.25) is 5.91 Å². The van der Waals surface area contributed by atoms with Gasteiger partial charge in [0.25, 0.3) is 0 Å². The highest BCUT2D eigenvalue weighted by molar-refractivity contribution is 5.74. The Kier molecular flexibility index (Phi) is 4.19. The lowest BCUT2D eigenvalue weighted by Crippen LogP contribution is -2.61. The van der Waals surface area contributed by atoms with Crippen molar-refractivity contribution in [1.82, 2.24) is 14.9 Å². The lowest BCUT2D eigenvalue weighted by atomic mass is 9.47. The maximum Gasteiger partial charge on any atom is 0.219 e. The van der Waals surface area contributed by atoms with Crippen LogP contribution in [0.5, 0.6) is 0 Å². The zero-order chi connectivity index (χ0) is 19.5. The zero-order valence-electron chi connectivity index (χ0n) is 17.5. The smallest absolute Gasteiger partial charge is 0.219 e. The molecular formula is C24H33N3O. The van der Waals surface area contributed by atoms with E-state index in [4.69, 9.17) is 0 Å². The molecule has 4 aliphatic rings. The molecule has 28 heavy (non-hydrogen) atoms. The number of rotatable bonds is 1. The molecular weight excluding hydrogens is 346 g/mol. The van der Waals surface area contributed by atoms with Gasteiger partial charge in [-0.3, -0.25) is 14.8 Å². The number of hydrogen-bond donors (Lipinski definition) is 0. The number of likely N-dealkylation sites (tertiary alicyclic amines) is 1.